The third-order valence-corrected chi connectivity index (χ3v) is 3.60. The fourth-order valence-electron chi connectivity index (χ4n) is 2.55. The van der Waals surface area contributed by atoms with Crippen molar-refractivity contribution in [1.82, 2.24) is 0 Å². The van der Waals surface area contributed by atoms with Crippen molar-refractivity contribution in [2.45, 2.75) is 51.9 Å². The maximum absolute atomic E-state index is 11.5. The van der Waals surface area contributed by atoms with Crippen LogP contribution in [0, 0.1) is 10.1 Å². The van der Waals surface area contributed by atoms with Crippen molar-refractivity contribution < 1.29 is 9.72 Å². The molecule has 0 heterocycles. The van der Waals surface area contributed by atoms with Crippen LogP contribution in [0.25, 0.3) is 0 Å². The molecule has 0 spiro atoms. The van der Waals surface area contributed by atoms with Crippen LogP contribution in [0.3, 0.4) is 0 Å². The zero-order chi connectivity index (χ0) is 15.1. The Hall–Kier alpha value is -1.91. The van der Waals surface area contributed by atoms with Crippen LogP contribution in [0.1, 0.15) is 67.8 Å². The van der Waals surface area contributed by atoms with Crippen LogP contribution < -0.4 is 5.73 Å². The molecule has 5 nitrogen and oxygen atoms in total. The highest BCUT2D eigenvalue weighted by Crippen LogP contribution is 2.35. The molecule has 1 unspecified atom stereocenters. The molecule has 20 heavy (non-hydrogen) atoms. The molecule has 0 aliphatic heterocycles. The molecule has 2 N–H and O–H groups in total. The van der Waals surface area contributed by atoms with E-state index in [4.69, 9.17) is 5.73 Å². The van der Waals surface area contributed by atoms with Gasteiger partial charge < -0.3 is 5.73 Å². The Balaban J connectivity index is 3.22. The first kappa shape index (κ1) is 16.1. The van der Waals surface area contributed by atoms with Crippen molar-refractivity contribution in [2.75, 3.05) is 0 Å². The Labute approximate surface area is 119 Å². The second kappa shape index (κ2) is 7.62. The second-order valence-electron chi connectivity index (χ2n) is 4.96. The number of primary amides is 1. The van der Waals surface area contributed by atoms with E-state index in [1.807, 2.05) is 6.92 Å². The molecule has 0 aromatic heterocycles. The molecular weight excluding hydrogens is 256 g/mol. The van der Waals surface area contributed by atoms with Gasteiger partial charge >= 0.3 is 0 Å². The first-order valence-electron chi connectivity index (χ1n) is 7.09. The van der Waals surface area contributed by atoms with E-state index in [-0.39, 0.29) is 17.2 Å². The first-order valence-corrected chi connectivity index (χ1v) is 7.09. The van der Waals surface area contributed by atoms with Crippen molar-refractivity contribution in [2.24, 2.45) is 5.73 Å². The minimum atomic E-state index is -0.599. The Morgan fingerprint density at radius 1 is 1.35 bits per heavy atom. The zero-order valence-corrected chi connectivity index (χ0v) is 12.1. The van der Waals surface area contributed by atoms with E-state index >= 15 is 0 Å². The highest BCUT2D eigenvalue weighted by molar-refractivity contribution is 5.95. The number of rotatable bonds is 8. The second-order valence-corrected chi connectivity index (χ2v) is 4.96. The maximum Gasteiger partial charge on any atom is 0.273 e. The third-order valence-electron chi connectivity index (χ3n) is 3.60. The summed E-state index contributed by atoms with van der Waals surface area (Å²) in [5, 5.41) is 11.2. The molecule has 1 aromatic rings. The van der Waals surface area contributed by atoms with Gasteiger partial charge in [0.1, 0.15) is 0 Å². The lowest BCUT2D eigenvalue weighted by Crippen LogP contribution is -2.17. The van der Waals surface area contributed by atoms with Gasteiger partial charge in [0.05, 0.1) is 4.92 Å². The Bertz CT molecular complexity index is 454. The molecule has 5 heteroatoms. The molecule has 0 aliphatic carbocycles. The van der Waals surface area contributed by atoms with E-state index in [1.165, 1.54) is 12.1 Å². The SMILES string of the molecule is CCCCCC(CC)c1c(C(N)=O)cccc1[N+](=O)[O-]. The maximum atomic E-state index is 11.5. The quantitative estimate of drug-likeness (QED) is 0.446. The average Bonchev–Trinajstić information content (AvgIpc) is 2.43. The monoisotopic (exact) mass is 278 g/mol. The molecule has 0 saturated heterocycles. The summed E-state index contributed by atoms with van der Waals surface area (Å²) < 4.78 is 0. The molecule has 0 bridgehead atoms. The topological polar surface area (TPSA) is 86.2 Å². The normalized spacial score (nSPS) is 12.1. The van der Waals surface area contributed by atoms with Gasteiger partial charge in [-0.05, 0) is 24.8 Å². The molecule has 1 atom stereocenters. The van der Waals surface area contributed by atoms with Crippen LogP contribution in [-0.4, -0.2) is 10.8 Å². The van der Waals surface area contributed by atoms with Crippen molar-refractivity contribution in [3.05, 3.63) is 39.4 Å². The van der Waals surface area contributed by atoms with Gasteiger partial charge in [-0.25, -0.2) is 0 Å². The van der Waals surface area contributed by atoms with Crippen molar-refractivity contribution >= 4 is 11.6 Å². The summed E-state index contributed by atoms with van der Waals surface area (Å²) in [5.41, 5.74) is 6.16. The number of benzene rings is 1. The summed E-state index contributed by atoms with van der Waals surface area (Å²) in [7, 11) is 0. The lowest BCUT2D eigenvalue weighted by atomic mass is 9.86. The molecule has 1 rings (SSSR count). The van der Waals surface area contributed by atoms with Gasteiger partial charge in [-0.1, -0.05) is 39.2 Å². The van der Waals surface area contributed by atoms with Crippen LogP contribution in [0.5, 0.6) is 0 Å². The van der Waals surface area contributed by atoms with E-state index < -0.39 is 10.8 Å². The van der Waals surface area contributed by atoms with Gasteiger partial charge in [0.25, 0.3) is 5.69 Å². The lowest BCUT2D eigenvalue weighted by Gasteiger charge is -2.17. The number of nitro benzene ring substituents is 1. The van der Waals surface area contributed by atoms with Gasteiger partial charge in [-0.3, -0.25) is 14.9 Å². The van der Waals surface area contributed by atoms with E-state index in [1.54, 1.807) is 6.07 Å². The molecule has 0 fully saturated rings. The van der Waals surface area contributed by atoms with Crippen LogP contribution in [-0.2, 0) is 0 Å². The largest absolute Gasteiger partial charge is 0.366 e. The molecular formula is C15H22N2O3. The van der Waals surface area contributed by atoms with Crippen molar-refractivity contribution in [1.29, 1.82) is 0 Å². The van der Waals surface area contributed by atoms with Crippen molar-refractivity contribution in [3.8, 4) is 0 Å². The number of hydrogen-bond donors (Lipinski definition) is 1. The summed E-state index contributed by atoms with van der Waals surface area (Å²) >= 11 is 0. The number of hydrogen-bond acceptors (Lipinski definition) is 3. The number of unbranched alkanes of at least 4 members (excludes halogenated alkanes) is 2. The van der Waals surface area contributed by atoms with Crippen LogP contribution in [0.2, 0.25) is 0 Å². The van der Waals surface area contributed by atoms with E-state index in [0.717, 1.165) is 32.1 Å². The predicted octanol–water partition coefficient (Wildman–Crippen LogP) is 3.77. The Morgan fingerprint density at radius 2 is 2.05 bits per heavy atom. The van der Waals surface area contributed by atoms with Gasteiger partial charge in [0, 0.05) is 17.2 Å². The highest BCUT2D eigenvalue weighted by atomic mass is 16.6. The highest BCUT2D eigenvalue weighted by Gasteiger charge is 2.26. The van der Waals surface area contributed by atoms with Gasteiger partial charge in [-0.2, -0.15) is 0 Å². The zero-order valence-electron chi connectivity index (χ0n) is 12.1. The number of carbonyl (C=O) groups is 1. The third kappa shape index (κ3) is 3.79. The Morgan fingerprint density at radius 3 is 2.55 bits per heavy atom. The molecule has 0 aliphatic rings. The molecule has 1 aromatic carbocycles. The van der Waals surface area contributed by atoms with E-state index in [9.17, 15) is 14.9 Å². The summed E-state index contributed by atoms with van der Waals surface area (Å²) in [6.45, 7) is 4.10. The molecule has 1 amide bonds. The fourth-order valence-corrected chi connectivity index (χ4v) is 2.55. The lowest BCUT2D eigenvalue weighted by molar-refractivity contribution is -0.385. The van der Waals surface area contributed by atoms with Crippen molar-refractivity contribution in [3.63, 3.8) is 0 Å². The smallest absolute Gasteiger partial charge is 0.273 e. The molecule has 110 valence electrons. The van der Waals surface area contributed by atoms with E-state index in [0.29, 0.717) is 5.56 Å². The van der Waals surface area contributed by atoms with Gasteiger partial charge in [0.2, 0.25) is 5.91 Å². The first-order chi connectivity index (χ1) is 9.52. The predicted molar refractivity (Wildman–Crippen MR) is 78.8 cm³/mol. The number of nitro groups is 1. The Kier molecular flexibility index (Phi) is 6.15. The fraction of sp³-hybridized carbons (Fsp3) is 0.533. The summed E-state index contributed by atoms with van der Waals surface area (Å²) in [5.74, 6) is -0.594. The average molecular weight is 278 g/mol. The number of nitrogens with zero attached hydrogens (tertiary/aromatic N) is 1. The minimum absolute atomic E-state index is 0.00430. The van der Waals surface area contributed by atoms with Crippen LogP contribution in [0.15, 0.2) is 18.2 Å². The van der Waals surface area contributed by atoms with Gasteiger partial charge in [-0.15, -0.1) is 0 Å². The van der Waals surface area contributed by atoms with Gasteiger partial charge in [0.15, 0.2) is 0 Å². The summed E-state index contributed by atoms with van der Waals surface area (Å²) in [4.78, 5) is 22.3. The summed E-state index contributed by atoms with van der Waals surface area (Å²) in [6.07, 6.45) is 4.78. The minimum Gasteiger partial charge on any atom is -0.366 e. The van der Waals surface area contributed by atoms with E-state index in [2.05, 4.69) is 6.92 Å². The van der Waals surface area contributed by atoms with Crippen LogP contribution in [0.4, 0.5) is 5.69 Å². The molecule has 0 radical (unpaired) electrons. The summed E-state index contributed by atoms with van der Waals surface area (Å²) in [6, 6.07) is 4.54. The van der Waals surface area contributed by atoms with Crippen LogP contribution >= 0.6 is 0 Å². The molecule has 0 saturated carbocycles. The number of nitrogens with two attached hydrogens (primary N) is 1. The number of amides is 1. The standard InChI is InChI=1S/C15H22N2O3/c1-3-5-6-8-11(4-2)14-12(15(16)18)9-7-10-13(14)17(19)20/h7,9-11H,3-6,8H2,1-2H3,(H2,16,18). The number of carbonyl (C=O) groups excluding carboxylic acids is 1.